The van der Waals surface area contributed by atoms with Gasteiger partial charge in [-0.25, -0.2) is 5.43 Å². The summed E-state index contributed by atoms with van der Waals surface area (Å²) >= 11 is 15.4. The van der Waals surface area contributed by atoms with Crippen LogP contribution in [0.5, 0.6) is 11.5 Å². The van der Waals surface area contributed by atoms with Crippen molar-refractivity contribution in [3.05, 3.63) is 89.0 Å². The predicted molar refractivity (Wildman–Crippen MR) is 153 cm³/mol. The molecule has 4 rings (SSSR count). The van der Waals surface area contributed by atoms with E-state index in [9.17, 15) is 4.79 Å². The van der Waals surface area contributed by atoms with Crippen LogP contribution in [0.4, 0.5) is 0 Å². The van der Waals surface area contributed by atoms with Gasteiger partial charge in [-0.05, 0) is 81.8 Å². The summed E-state index contributed by atoms with van der Waals surface area (Å²) < 4.78 is 20.0. The first-order valence-corrected chi connectivity index (χ1v) is 13.4. The average molecular weight is 733 g/mol. The van der Waals surface area contributed by atoms with Crippen LogP contribution in [0, 0.1) is 3.57 Å². The topological polar surface area (TPSA) is 73.1 Å². The molecule has 3 aromatic carbocycles. The van der Waals surface area contributed by atoms with Gasteiger partial charge in [0, 0.05) is 30.5 Å². The summed E-state index contributed by atoms with van der Waals surface area (Å²) in [6, 6.07) is 16.6. The van der Waals surface area contributed by atoms with E-state index in [1.54, 1.807) is 18.2 Å². The van der Waals surface area contributed by atoms with Gasteiger partial charge in [0.2, 0.25) is 0 Å². The molecule has 0 bridgehead atoms. The molecule has 4 aromatic rings. The fraction of sp³-hybridized carbons (Fsp3) is 0.120. The van der Waals surface area contributed by atoms with Crippen molar-refractivity contribution in [3.8, 4) is 11.5 Å². The molecule has 180 valence electrons. The number of rotatable bonds is 8. The van der Waals surface area contributed by atoms with E-state index < -0.39 is 5.91 Å². The number of carbonyl (C=O) groups is 1. The molecule has 0 aliphatic heterocycles. The number of nitrogens with one attached hydrogen (secondary N) is 1. The van der Waals surface area contributed by atoms with E-state index in [0.717, 1.165) is 23.5 Å². The monoisotopic (exact) mass is 730 g/mol. The minimum Gasteiger partial charge on any atom is -0.490 e. The molecular formula is C25H18Br2ClIN2O4. The number of hydrogen-bond donors (Lipinski definition) is 1. The molecule has 0 saturated carbocycles. The first-order valence-electron chi connectivity index (χ1n) is 10.4. The molecule has 0 saturated heterocycles. The molecule has 0 aliphatic rings. The molecule has 1 aromatic heterocycles. The van der Waals surface area contributed by atoms with Crippen molar-refractivity contribution in [1.29, 1.82) is 0 Å². The quantitative estimate of drug-likeness (QED) is 0.113. The molecule has 0 unspecified atom stereocenters. The SMILES string of the molecule is CCOc1cc(/C=N\NC(=O)c2cc3cc(Br)cc(I)c3o2)c(Br)cc1OCc1ccccc1Cl. The Kier molecular flexibility index (Phi) is 8.74. The van der Waals surface area contributed by atoms with Crippen LogP contribution >= 0.6 is 66.1 Å². The minimum absolute atomic E-state index is 0.172. The lowest BCUT2D eigenvalue weighted by Gasteiger charge is -2.14. The van der Waals surface area contributed by atoms with Gasteiger partial charge in [-0.15, -0.1) is 0 Å². The molecule has 0 fully saturated rings. The Hall–Kier alpha value is -2.08. The third kappa shape index (κ3) is 6.38. The van der Waals surface area contributed by atoms with Crippen LogP contribution in [-0.4, -0.2) is 18.7 Å². The van der Waals surface area contributed by atoms with Gasteiger partial charge >= 0.3 is 5.91 Å². The first kappa shape index (κ1) is 26.0. The summed E-state index contributed by atoms with van der Waals surface area (Å²) in [4.78, 5) is 12.6. The van der Waals surface area contributed by atoms with E-state index in [1.165, 1.54) is 6.21 Å². The van der Waals surface area contributed by atoms with Crippen molar-refractivity contribution < 1.29 is 18.7 Å². The first-order chi connectivity index (χ1) is 16.9. The number of halogens is 4. The highest BCUT2D eigenvalue weighted by Gasteiger charge is 2.15. The molecule has 1 heterocycles. The fourth-order valence-corrected chi connectivity index (χ4v) is 5.48. The molecule has 0 radical (unpaired) electrons. The number of fused-ring (bicyclic) bond motifs is 1. The summed E-state index contributed by atoms with van der Waals surface area (Å²) in [6.45, 7) is 2.64. The van der Waals surface area contributed by atoms with Gasteiger partial charge in [-0.2, -0.15) is 5.10 Å². The van der Waals surface area contributed by atoms with Crippen LogP contribution in [0.3, 0.4) is 0 Å². The summed E-state index contributed by atoms with van der Waals surface area (Å²) in [7, 11) is 0. The van der Waals surface area contributed by atoms with Gasteiger partial charge in [0.1, 0.15) is 12.2 Å². The highest BCUT2D eigenvalue weighted by molar-refractivity contribution is 14.1. The van der Waals surface area contributed by atoms with Gasteiger partial charge in [-0.1, -0.05) is 45.7 Å². The lowest BCUT2D eigenvalue weighted by molar-refractivity contribution is 0.0929. The van der Waals surface area contributed by atoms with Crippen LogP contribution in [0.1, 0.15) is 28.6 Å². The zero-order valence-corrected chi connectivity index (χ0v) is 24.4. The predicted octanol–water partition coefficient (Wildman–Crippen LogP) is 7.96. The Balaban J connectivity index is 1.49. The third-order valence-corrected chi connectivity index (χ3v) is 7.15. The molecule has 10 heteroatoms. The average Bonchev–Trinajstić information content (AvgIpc) is 3.25. The van der Waals surface area contributed by atoms with E-state index >= 15 is 0 Å². The van der Waals surface area contributed by atoms with Crippen LogP contribution in [0.15, 0.2) is 73.1 Å². The van der Waals surface area contributed by atoms with Crippen molar-refractivity contribution in [1.82, 2.24) is 5.43 Å². The number of nitrogens with zero attached hydrogens (tertiary/aromatic N) is 1. The minimum atomic E-state index is -0.454. The van der Waals surface area contributed by atoms with Crippen LogP contribution in [0.25, 0.3) is 11.0 Å². The fourth-order valence-electron chi connectivity index (χ4n) is 3.21. The van der Waals surface area contributed by atoms with E-state index in [4.69, 9.17) is 25.5 Å². The number of amides is 1. The maximum Gasteiger partial charge on any atom is 0.307 e. The Bertz CT molecular complexity index is 1420. The zero-order valence-electron chi connectivity index (χ0n) is 18.3. The van der Waals surface area contributed by atoms with Crippen molar-refractivity contribution in [2.75, 3.05) is 6.61 Å². The lowest BCUT2D eigenvalue weighted by Crippen LogP contribution is -2.16. The Morgan fingerprint density at radius 2 is 1.91 bits per heavy atom. The van der Waals surface area contributed by atoms with Crippen molar-refractivity contribution >= 4 is 89.1 Å². The maximum atomic E-state index is 12.6. The van der Waals surface area contributed by atoms with Gasteiger partial charge < -0.3 is 13.9 Å². The van der Waals surface area contributed by atoms with Gasteiger partial charge in [0.25, 0.3) is 0 Å². The second kappa shape index (κ2) is 11.8. The van der Waals surface area contributed by atoms with E-state index in [0.29, 0.717) is 40.9 Å². The van der Waals surface area contributed by atoms with Crippen LogP contribution < -0.4 is 14.9 Å². The molecule has 1 N–H and O–H groups in total. The number of hydrogen-bond acceptors (Lipinski definition) is 5. The molecule has 35 heavy (non-hydrogen) atoms. The number of ether oxygens (including phenoxy) is 2. The van der Waals surface area contributed by atoms with Gasteiger partial charge in [-0.3, -0.25) is 4.79 Å². The second-order valence-electron chi connectivity index (χ2n) is 7.25. The summed E-state index contributed by atoms with van der Waals surface area (Å²) in [5, 5.41) is 5.55. The van der Waals surface area contributed by atoms with Crippen LogP contribution in [0.2, 0.25) is 5.02 Å². The number of hydrazone groups is 1. The summed E-state index contributed by atoms with van der Waals surface area (Å²) in [6.07, 6.45) is 1.52. The number of furan rings is 1. The third-order valence-electron chi connectivity index (χ3n) is 4.83. The maximum absolute atomic E-state index is 12.6. The molecular weight excluding hydrogens is 714 g/mol. The highest BCUT2D eigenvalue weighted by Crippen LogP contribution is 2.34. The van der Waals surface area contributed by atoms with Crippen LogP contribution in [-0.2, 0) is 6.61 Å². The van der Waals surface area contributed by atoms with Gasteiger partial charge in [0.15, 0.2) is 17.3 Å². The Morgan fingerprint density at radius 1 is 1.14 bits per heavy atom. The lowest BCUT2D eigenvalue weighted by atomic mass is 10.2. The highest BCUT2D eigenvalue weighted by atomic mass is 127. The smallest absolute Gasteiger partial charge is 0.307 e. The van der Waals surface area contributed by atoms with Gasteiger partial charge in [0.05, 0.1) is 16.4 Å². The Labute approximate surface area is 237 Å². The van der Waals surface area contributed by atoms with E-state index in [-0.39, 0.29) is 5.76 Å². The molecule has 6 nitrogen and oxygen atoms in total. The zero-order chi connectivity index (χ0) is 24.9. The van der Waals surface area contributed by atoms with E-state index in [2.05, 4.69) is 65.0 Å². The number of benzene rings is 3. The molecule has 0 atom stereocenters. The molecule has 0 aliphatic carbocycles. The largest absolute Gasteiger partial charge is 0.490 e. The van der Waals surface area contributed by atoms with E-state index in [1.807, 2.05) is 43.3 Å². The van der Waals surface area contributed by atoms with Crippen molar-refractivity contribution in [2.45, 2.75) is 13.5 Å². The van der Waals surface area contributed by atoms with Crippen molar-refractivity contribution in [3.63, 3.8) is 0 Å². The Morgan fingerprint density at radius 3 is 2.69 bits per heavy atom. The summed E-state index contributed by atoms with van der Waals surface area (Å²) in [5.41, 5.74) is 4.72. The number of carbonyl (C=O) groups excluding carboxylic acids is 1. The normalized spacial score (nSPS) is 11.2. The molecule has 0 spiro atoms. The standard InChI is InChI=1S/C25H18Br2ClIN2O4/c1-2-33-21-9-16(18(27)11-22(21)34-13-14-5-3-4-6-19(14)28)12-30-31-25(32)23-8-15-7-17(26)10-20(29)24(15)35-23/h3-12H,2,13H2,1H3,(H,31,32)/b30-12-. The molecule has 1 amide bonds. The summed E-state index contributed by atoms with van der Waals surface area (Å²) in [5.74, 6) is 0.826. The van der Waals surface area contributed by atoms with Crippen molar-refractivity contribution in [2.24, 2.45) is 5.10 Å². The second-order valence-corrected chi connectivity index (χ2v) is 10.6.